The van der Waals surface area contributed by atoms with E-state index in [1.165, 1.54) is 23.8 Å². The highest BCUT2D eigenvalue weighted by Crippen LogP contribution is 2.30. The molecule has 0 aliphatic rings. The number of carbonyl (C=O) groups excluding carboxylic acids is 1. The zero-order chi connectivity index (χ0) is 16.4. The summed E-state index contributed by atoms with van der Waals surface area (Å²) in [4.78, 5) is 11.9. The monoisotopic (exact) mass is 340 g/mol. The van der Waals surface area contributed by atoms with Crippen molar-refractivity contribution in [3.63, 3.8) is 0 Å². The molecule has 7 nitrogen and oxygen atoms in total. The fourth-order valence-corrected chi connectivity index (χ4v) is 2.15. The summed E-state index contributed by atoms with van der Waals surface area (Å²) in [5, 5.41) is 17.2. The molecule has 0 saturated carbocycles. The van der Waals surface area contributed by atoms with Crippen LogP contribution >= 0.6 is 11.3 Å². The molecule has 0 saturated heterocycles. The smallest absolute Gasteiger partial charge is 0.295 e. The summed E-state index contributed by atoms with van der Waals surface area (Å²) >= 11 is 1.12. The van der Waals surface area contributed by atoms with E-state index in [2.05, 4.69) is 25.8 Å². The topological polar surface area (TPSA) is 85.6 Å². The number of amides is 1. The molecule has 1 amide bonds. The number of benzene rings is 1. The molecular formula is C12H7F3N6OS. The second-order valence-corrected chi connectivity index (χ2v) is 5.13. The van der Waals surface area contributed by atoms with Crippen molar-refractivity contribution in [1.29, 1.82) is 0 Å². The van der Waals surface area contributed by atoms with Gasteiger partial charge in [0.05, 0.1) is 17.4 Å². The molecule has 118 valence electrons. The number of hydrogen-bond donors (Lipinski definition) is 1. The largest absolute Gasteiger partial charge is 0.416 e. The van der Waals surface area contributed by atoms with E-state index in [0.29, 0.717) is 0 Å². The predicted octanol–water partition coefficient (Wildman–Crippen LogP) is 2.39. The van der Waals surface area contributed by atoms with Crippen molar-refractivity contribution >= 4 is 22.4 Å². The minimum atomic E-state index is -4.46. The number of aromatic nitrogens is 5. The number of alkyl halides is 3. The van der Waals surface area contributed by atoms with E-state index in [9.17, 15) is 18.0 Å². The summed E-state index contributed by atoms with van der Waals surface area (Å²) < 4.78 is 39.2. The first-order valence-electron chi connectivity index (χ1n) is 6.11. The SMILES string of the molecule is O=C(Nc1nncs1)c1cn(-c2cccc(C(F)(F)F)c2)nn1. The highest BCUT2D eigenvalue weighted by Gasteiger charge is 2.30. The van der Waals surface area contributed by atoms with Gasteiger partial charge in [0.2, 0.25) is 5.13 Å². The standard InChI is InChI=1S/C12H7F3N6OS/c13-12(14,15)7-2-1-3-8(4-7)21-5-9(18-20-21)10(22)17-11-19-16-6-23-11/h1-6H,(H,17,19,22). The molecule has 1 N–H and O–H groups in total. The quantitative estimate of drug-likeness (QED) is 0.791. The van der Waals surface area contributed by atoms with Crippen LogP contribution in [0.3, 0.4) is 0 Å². The van der Waals surface area contributed by atoms with Crippen LogP contribution < -0.4 is 5.32 Å². The minimum absolute atomic E-state index is 0.0578. The molecule has 0 radical (unpaired) electrons. The van der Waals surface area contributed by atoms with Crippen LogP contribution in [0, 0.1) is 0 Å². The molecule has 0 fully saturated rings. The van der Waals surface area contributed by atoms with E-state index in [1.54, 1.807) is 0 Å². The molecule has 0 unspecified atom stereocenters. The number of nitrogens with zero attached hydrogens (tertiary/aromatic N) is 5. The van der Waals surface area contributed by atoms with Crippen LogP contribution in [0.5, 0.6) is 0 Å². The van der Waals surface area contributed by atoms with Gasteiger partial charge in [-0.3, -0.25) is 10.1 Å². The van der Waals surface area contributed by atoms with Gasteiger partial charge in [-0.25, -0.2) is 4.68 Å². The van der Waals surface area contributed by atoms with Crippen molar-refractivity contribution in [3.05, 3.63) is 47.2 Å². The van der Waals surface area contributed by atoms with Crippen LogP contribution in [-0.4, -0.2) is 31.1 Å². The highest BCUT2D eigenvalue weighted by atomic mass is 32.1. The molecule has 0 atom stereocenters. The summed E-state index contributed by atoms with van der Waals surface area (Å²) in [6.45, 7) is 0. The zero-order valence-corrected chi connectivity index (χ0v) is 12.0. The van der Waals surface area contributed by atoms with Crippen molar-refractivity contribution in [1.82, 2.24) is 25.2 Å². The third kappa shape index (κ3) is 3.34. The van der Waals surface area contributed by atoms with Gasteiger partial charge in [0, 0.05) is 0 Å². The van der Waals surface area contributed by atoms with Gasteiger partial charge < -0.3 is 0 Å². The van der Waals surface area contributed by atoms with E-state index in [-0.39, 0.29) is 16.5 Å². The maximum atomic E-state index is 12.7. The average molecular weight is 340 g/mol. The van der Waals surface area contributed by atoms with E-state index >= 15 is 0 Å². The lowest BCUT2D eigenvalue weighted by Gasteiger charge is -2.07. The van der Waals surface area contributed by atoms with E-state index in [0.717, 1.165) is 28.2 Å². The number of halogens is 3. The van der Waals surface area contributed by atoms with Crippen molar-refractivity contribution in [2.45, 2.75) is 6.18 Å². The lowest BCUT2D eigenvalue weighted by atomic mass is 10.2. The lowest BCUT2D eigenvalue weighted by Crippen LogP contribution is -2.12. The van der Waals surface area contributed by atoms with Crippen molar-refractivity contribution in [2.24, 2.45) is 0 Å². The number of hydrogen-bond acceptors (Lipinski definition) is 6. The Labute approximate surface area is 130 Å². The van der Waals surface area contributed by atoms with Crippen LogP contribution in [0.2, 0.25) is 0 Å². The number of carbonyl (C=O) groups is 1. The molecule has 23 heavy (non-hydrogen) atoms. The first-order chi connectivity index (χ1) is 10.9. The second-order valence-electron chi connectivity index (χ2n) is 4.29. The Morgan fingerprint density at radius 2 is 2.09 bits per heavy atom. The summed E-state index contributed by atoms with van der Waals surface area (Å²) in [7, 11) is 0. The minimum Gasteiger partial charge on any atom is -0.295 e. The first-order valence-corrected chi connectivity index (χ1v) is 6.99. The molecule has 11 heteroatoms. The maximum Gasteiger partial charge on any atom is 0.416 e. The van der Waals surface area contributed by atoms with Gasteiger partial charge in [-0.2, -0.15) is 13.2 Å². The molecule has 3 rings (SSSR count). The van der Waals surface area contributed by atoms with E-state index < -0.39 is 17.6 Å². The zero-order valence-electron chi connectivity index (χ0n) is 11.2. The summed E-state index contributed by atoms with van der Waals surface area (Å²) in [6.07, 6.45) is -3.24. The molecule has 0 aliphatic carbocycles. The highest BCUT2D eigenvalue weighted by molar-refractivity contribution is 7.13. The maximum absolute atomic E-state index is 12.7. The van der Waals surface area contributed by atoms with Gasteiger partial charge in [0.15, 0.2) is 5.69 Å². The van der Waals surface area contributed by atoms with E-state index in [4.69, 9.17) is 0 Å². The summed E-state index contributed by atoms with van der Waals surface area (Å²) in [5.74, 6) is -0.583. The Morgan fingerprint density at radius 3 is 2.78 bits per heavy atom. The van der Waals surface area contributed by atoms with Crippen LogP contribution in [0.1, 0.15) is 16.1 Å². The van der Waals surface area contributed by atoms with Gasteiger partial charge in [-0.15, -0.1) is 15.3 Å². The van der Waals surface area contributed by atoms with Crippen molar-refractivity contribution < 1.29 is 18.0 Å². The Balaban J connectivity index is 1.83. The fourth-order valence-electron chi connectivity index (χ4n) is 1.71. The Bertz CT molecular complexity index is 829. The molecular weight excluding hydrogens is 333 g/mol. The molecule has 0 bridgehead atoms. The van der Waals surface area contributed by atoms with Gasteiger partial charge in [-0.1, -0.05) is 22.6 Å². The van der Waals surface area contributed by atoms with Crippen LogP contribution in [0.25, 0.3) is 5.69 Å². The second kappa shape index (κ2) is 5.76. The normalized spacial score (nSPS) is 11.4. The van der Waals surface area contributed by atoms with Crippen LogP contribution in [0.15, 0.2) is 36.0 Å². The first kappa shape index (κ1) is 15.1. The Hall–Kier alpha value is -2.82. The third-order valence-electron chi connectivity index (χ3n) is 2.74. The van der Waals surface area contributed by atoms with Gasteiger partial charge in [0.1, 0.15) is 5.51 Å². The molecule has 2 aromatic heterocycles. The van der Waals surface area contributed by atoms with Crippen molar-refractivity contribution in [3.8, 4) is 5.69 Å². The summed E-state index contributed by atoms with van der Waals surface area (Å²) in [5.41, 5.74) is 0.708. The van der Waals surface area contributed by atoms with Gasteiger partial charge in [-0.05, 0) is 18.2 Å². The predicted molar refractivity (Wildman–Crippen MR) is 74.2 cm³/mol. The lowest BCUT2D eigenvalue weighted by molar-refractivity contribution is -0.137. The number of anilines is 1. The van der Waals surface area contributed by atoms with Gasteiger partial charge in [0.25, 0.3) is 5.91 Å². The number of nitrogens with one attached hydrogen (secondary N) is 1. The Morgan fingerprint density at radius 1 is 1.26 bits per heavy atom. The Kier molecular flexibility index (Phi) is 3.78. The fraction of sp³-hybridized carbons (Fsp3) is 0.0833. The molecule has 0 aliphatic heterocycles. The molecule has 2 heterocycles. The molecule has 1 aromatic carbocycles. The third-order valence-corrected chi connectivity index (χ3v) is 3.35. The van der Waals surface area contributed by atoms with Crippen molar-refractivity contribution in [2.75, 3.05) is 5.32 Å². The summed E-state index contributed by atoms with van der Waals surface area (Å²) in [6, 6.07) is 4.54. The van der Waals surface area contributed by atoms with E-state index in [1.807, 2.05) is 0 Å². The van der Waals surface area contributed by atoms with Gasteiger partial charge >= 0.3 is 6.18 Å². The molecule has 0 spiro atoms. The van der Waals surface area contributed by atoms with Crippen LogP contribution in [0.4, 0.5) is 18.3 Å². The molecule has 3 aromatic rings. The average Bonchev–Trinajstić information content (AvgIpc) is 3.17. The van der Waals surface area contributed by atoms with Crippen LogP contribution in [-0.2, 0) is 6.18 Å². The number of rotatable bonds is 3.